The lowest BCUT2D eigenvalue weighted by molar-refractivity contribution is -0.0946. The Balaban J connectivity index is 0.00000338. The first-order valence-corrected chi connectivity index (χ1v) is 9.24. The van der Waals surface area contributed by atoms with Gasteiger partial charge in [0, 0.05) is 32.2 Å². The summed E-state index contributed by atoms with van der Waals surface area (Å²) in [6.45, 7) is 13.8. The molecule has 26 heavy (non-hydrogen) atoms. The molecule has 1 heterocycles. The minimum atomic E-state index is 0. The van der Waals surface area contributed by atoms with Crippen LogP contribution in [0, 0.1) is 0 Å². The Kier molecular flexibility index (Phi) is 9.33. The molecule has 3 unspecified atom stereocenters. The van der Waals surface area contributed by atoms with Crippen LogP contribution in [0.5, 0.6) is 0 Å². The van der Waals surface area contributed by atoms with E-state index in [4.69, 9.17) is 4.74 Å². The first-order valence-electron chi connectivity index (χ1n) is 9.24. The van der Waals surface area contributed by atoms with Crippen molar-refractivity contribution in [1.29, 1.82) is 0 Å². The molecule has 1 aromatic carbocycles. The number of guanidine groups is 1. The fraction of sp³-hybridized carbons (Fsp3) is 0.650. The van der Waals surface area contributed by atoms with Crippen molar-refractivity contribution in [3.63, 3.8) is 0 Å². The third-order valence-electron chi connectivity index (χ3n) is 4.84. The molecule has 0 bridgehead atoms. The van der Waals surface area contributed by atoms with Crippen LogP contribution in [-0.4, -0.2) is 55.3 Å². The number of nitrogens with zero attached hydrogens (tertiary/aromatic N) is 2. The fourth-order valence-electron chi connectivity index (χ4n) is 3.31. The minimum Gasteiger partial charge on any atom is -0.373 e. The highest BCUT2D eigenvalue weighted by Crippen LogP contribution is 2.20. The van der Waals surface area contributed by atoms with Gasteiger partial charge in [0.1, 0.15) is 0 Å². The monoisotopic (exact) mass is 474 g/mol. The van der Waals surface area contributed by atoms with Gasteiger partial charge in [0.05, 0.1) is 18.2 Å². The molecule has 0 aromatic heterocycles. The maximum absolute atomic E-state index is 5.86. The van der Waals surface area contributed by atoms with Crippen LogP contribution in [0.1, 0.15) is 46.2 Å². The molecule has 2 N–H and O–H groups in total. The summed E-state index contributed by atoms with van der Waals surface area (Å²) in [6.07, 6.45) is 0.553. The second-order valence-corrected chi connectivity index (χ2v) is 7.68. The average Bonchev–Trinajstić information content (AvgIpc) is 2.58. The van der Waals surface area contributed by atoms with E-state index in [0.29, 0.717) is 0 Å². The Bertz CT molecular complexity index is 554. The van der Waals surface area contributed by atoms with Crippen molar-refractivity contribution in [3.8, 4) is 0 Å². The van der Waals surface area contributed by atoms with Gasteiger partial charge in [-0.2, -0.15) is 0 Å². The molecule has 148 valence electrons. The first kappa shape index (κ1) is 23.2. The number of rotatable bonds is 5. The molecule has 1 aliphatic rings. The Morgan fingerprint density at radius 2 is 1.81 bits per heavy atom. The van der Waals surface area contributed by atoms with Crippen LogP contribution in [0.25, 0.3) is 0 Å². The molecule has 0 spiro atoms. The maximum atomic E-state index is 5.86. The molecule has 1 aliphatic heterocycles. The average molecular weight is 474 g/mol. The molecule has 5 nitrogen and oxygen atoms in total. The molecule has 0 saturated carbocycles. The second kappa shape index (κ2) is 10.5. The molecule has 0 radical (unpaired) electrons. The van der Waals surface area contributed by atoms with Crippen LogP contribution < -0.4 is 10.6 Å². The van der Waals surface area contributed by atoms with E-state index >= 15 is 0 Å². The summed E-state index contributed by atoms with van der Waals surface area (Å²) in [7, 11) is 1.82. The van der Waals surface area contributed by atoms with Gasteiger partial charge in [-0.3, -0.25) is 9.89 Å². The van der Waals surface area contributed by atoms with Gasteiger partial charge in [-0.25, -0.2) is 0 Å². The SMILES string of the molecule is CN=C(NCC(C)(C)N1CC(C)OC(C)C1)NC(C)c1ccccc1.I. The van der Waals surface area contributed by atoms with Crippen LogP contribution in [0.4, 0.5) is 0 Å². The van der Waals surface area contributed by atoms with Crippen molar-refractivity contribution in [2.45, 2.75) is 58.4 Å². The van der Waals surface area contributed by atoms with E-state index in [-0.39, 0.29) is 47.8 Å². The van der Waals surface area contributed by atoms with E-state index in [1.807, 2.05) is 13.1 Å². The molecule has 0 amide bonds. The topological polar surface area (TPSA) is 48.9 Å². The molecular weight excluding hydrogens is 439 g/mol. The van der Waals surface area contributed by atoms with Crippen molar-refractivity contribution in [2.75, 3.05) is 26.7 Å². The van der Waals surface area contributed by atoms with Gasteiger partial charge in [-0.15, -0.1) is 24.0 Å². The zero-order chi connectivity index (χ0) is 18.4. The van der Waals surface area contributed by atoms with Crippen LogP contribution in [0.2, 0.25) is 0 Å². The molecule has 0 aliphatic carbocycles. The summed E-state index contributed by atoms with van der Waals surface area (Å²) in [5, 5.41) is 6.97. The number of aliphatic imine (C=N–C) groups is 1. The highest BCUT2D eigenvalue weighted by molar-refractivity contribution is 14.0. The maximum Gasteiger partial charge on any atom is 0.191 e. The summed E-state index contributed by atoms with van der Waals surface area (Å²) < 4.78 is 5.86. The third kappa shape index (κ3) is 6.70. The van der Waals surface area contributed by atoms with Crippen molar-refractivity contribution in [1.82, 2.24) is 15.5 Å². The minimum absolute atomic E-state index is 0. The van der Waals surface area contributed by atoms with Crippen LogP contribution in [0.3, 0.4) is 0 Å². The van der Waals surface area contributed by atoms with E-state index < -0.39 is 0 Å². The van der Waals surface area contributed by atoms with Gasteiger partial charge in [-0.05, 0) is 40.2 Å². The highest BCUT2D eigenvalue weighted by Gasteiger charge is 2.33. The zero-order valence-corrected chi connectivity index (χ0v) is 19.3. The number of nitrogens with one attached hydrogen (secondary N) is 2. The number of halogens is 1. The van der Waals surface area contributed by atoms with Crippen molar-refractivity contribution in [2.24, 2.45) is 4.99 Å². The summed E-state index contributed by atoms with van der Waals surface area (Å²) in [6, 6.07) is 10.6. The highest BCUT2D eigenvalue weighted by atomic mass is 127. The van der Waals surface area contributed by atoms with Crippen molar-refractivity contribution < 1.29 is 4.74 Å². The fourth-order valence-corrected chi connectivity index (χ4v) is 3.31. The summed E-state index contributed by atoms with van der Waals surface area (Å²) in [4.78, 5) is 6.89. The molecule has 6 heteroatoms. The first-order chi connectivity index (χ1) is 11.8. The Hall–Kier alpha value is -0.860. The normalized spacial score (nSPS) is 23.1. The number of morpholine rings is 1. The van der Waals surface area contributed by atoms with E-state index in [1.54, 1.807) is 0 Å². The van der Waals surface area contributed by atoms with Crippen molar-refractivity contribution in [3.05, 3.63) is 35.9 Å². The van der Waals surface area contributed by atoms with Gasteiger partial charge in [0.2, 0.25) is 0 Å². The van der Waals surface area contributed by atoms with Crippen molar-refractivity contribution >= 4 is 29.9 Å². The summed E-state index contributed by atoms with van der Waals surface area (Å²) in [5.74, 6) is 0.832. The predicted octanol–water partition coefficient (Wildman–Crippen LogP) is 3.42. The smallest absolute Gasteiger partial charge is 0.191 e. The van der Waals surface area contributed by atoms with Gasteiger partial charge in [0.15, 0.2) is 5.96 Å². The van der Waals surface area contributed by atoms with Gasteiger partial charge in [-0.1, -0.05) is 30.3 Å². The number of benzene rings is 1. The lowest BCUT2D eigenvalue weighted by Gasteiger charge is -2.45. The Labute approximate surface area is 176 Å². The number of hydrogen-bond acceptors (Lipinski definition) is 3. The Morgan fingerprint density at radius 1 is 1.23 bits per heavy atom. The molecule has 1 aromatic rings. The summed E-state index contributed by atoms with van der Waals surface area (Å²) >= 11 is 0. The van der Waals surface area contributed by atoms with Gasteiger partial charge in [0.25, 0.3) is 0 Å². The number of hydrogen-bond donors (Lipinski definition) is 2. The summed E-state index contributed by atoms with van der Waals surface area (Å²) in [5.41, 5.74) is 1.28. The molecule has 2 rings (SSSR count). The molecule has 1 fully saturated rings. The predicted molar refractivity (Wildman–Crippen MR) is 120 cm³/mol. The molecule has 1 saturated heterocycles. The van der Waals surface area contributed by atoms with Crippen LogP contribution in [0.15, 0.2) is 35.3 Å². The standard InChI is InChI=1S/C20H34N4O.HI/c1-15-12-24(13-16(2)25-15)20(4,5)14-22-19(21-6)23-17(3)18-10-8-7-9-11-18;/h7-11,15-17H,12-14H2,1-6H3,(H2,21,22,23);1H. The lowest BCUT2D eigenvalue weighted by Crippen LogP contribution is -2.59. The second-order valence-electron chi connectivity index (χ2n) is 7.68. The third-order valence-corrected chi connectivity index (χ3v) is 4.84. The number of ether oxygens (including phenoxy) is 1. The van der Waals surface area contributed by atoms with E-state index in [9.17, 15) is 0 Å². The van der Waals surface area contributed by atoms with Gasteiger partial charge >= 0.3 is 0 Å². The van der Waals surface area contributed by atoms with Crippen LogP contribution in [-0.2, 0) is 4.74 Å². The largest absolute Gasteiger partial charge is 0.373 e. The molecular formula is C20H35IN4O. The Morgan fingerprint density at radius 3 is 2.35 bits per heavy atom. The lowest BCUT2D eigenvalue weighted by atomic mass is 10.00. The van der Waals surface area contributed by atoms with Gasteiger partial charge < -0.3 is 15.4 Å². The quantitative estimate of drug-likeness (QED) is 0.390. The van der Waals surface area contributed by atoms with E-state index in [0.717, 1.165) is 25.6 Å². The molecule has 3 atom stereocenters. The van der Waals surface area contributed by atoms with E-state index in [1.165, 1.54) is 5.56 Å². The van der Waals surface area contributed by atoms with Crippen LogP contribution >= 0.6 is 24.0 Å². The van der Waals surface area contributed by atoms with E-state index in [2.05, 4.69) is 79.4 Å². The zero-order valence-electron chi connectivity index (χ0n) is 17.0.